The van der Waals surface area contributed by atoms with Gasteiger partial charge in [0.25, 0.3) is 5.69 Å². The summed E-state index contributed by atoms with van der Waals surface area (Å²) in [5.41, 5.74) is 6.45. The third kappa shape index (κ3) is 3.86. The summed E-state index contributed by atoms with van der Waals surface area (Å²) in [6, 6.07) is 24.7. The molecule has 0 radical (unpaired) electrons. The molecule has 0 saturated carbocycles. The second-order valence-electron chi connectivity index (χ2n) is 8.36. The van der Waals surface area contributed by atoms with Crippen molar-refractivity contribution < 1.29 is 9.13 Å². The number of para-hydroxylation sites is 3. The van der Waals surface area contributed by atoms with E-state index < -0.39 is 0 Å². The minimum absolute atomic E-state index is 0.0803. The summed E-state index contributed by atoms with van der Waals surface area (Å²) in [7, 11) is 0. The van der Waals surface area contributed by atoms with Crippen molar-refractivity contribution >= 4 is 5.69 Å². The van der Waals surface area contributed by atoms with E-state index in [-0.39, 0.29) is 5.41 Å². The molecule has 0 bridgehead atoms. The topological polar surface area (TPSA) is 12.1 Å². The predicted molar refractivity (Wildman–Crippen MR) is 120 cm³/mol. The summed E-state index contributed by atoms with van der Waals surface area (Å²) in [5, 5.41) is 0. The molecule has 0 saturated heterocycles. The van der Waals surface area contributed by atoms with Gasteiger partial charge >= 0.3 is 0 Å². The van der Waals surface area contributed by atoms with Gasteiger partial charge in [0.15, 0.2) is 24.8 Å². The summed E-state index contributed by atoms with van der Waals surface area (Å²) in [4.78, 5) is 3.62. The molecule has 0 aliphatic heterocycles. The van der Waals surface area contributed by atoms with E-state index in [0.717, 1.165) is 16.8 Å². The molecule has 0 atom stereocenters. The first-order valence-corrected chi connectivity index (χ1v) is 10.1. The first kappa shape index (κ1) is 19.5. The maximum atomic E-state index is 7.36. The van der Waals surface area contributed by atoms with E-state index in [9.17, 15) is 0 Å². The maximum absolute atomic E-state index is 7.36. The number of pyridine rings is 2. The lowest BCUT2D eigenvalue weighted by atomic mass is 9.85. The fourth-order valence-corrected chi connectivity index (χ4v) is 3.67. The number of rotatable bonds is 3. The molecule has 4 rings (SSSR count). The van der Waals surface area contributed by atoms with E-state index in [0.29, 0.717) is 5.69 Å². The fraction of sp³-hybridized carbons (Fsp3) is 0.148. The second kappa shape index (κ2) is 7.93. The zero-order chi connectivity index (χ0) is 21.1. The number of hydrogen-bond acceptors (Lipinski definition) is 0. The molecule has 0 aliphatic rings. The smallest absolute Gasteiger partial charge is 0.231 e. The lowest BCUT2D eigenvalue weighted by Crippen LogP contribution is -2.33. The van der Waals surface area contributed by atoms with Gasteiger partial charge < -0.3 is 0 Å². The van der Waals surface area contributed by atoms with Crippen LogP contribution < -0.4 is 9.13 Å². The van der Waals surface area contributed by atoms with E-state index in [1.165, 1.54) is 11.3 Å². The highest BCUT2D eigenvalue weighted by Crippen LogP contribution is 2.26. The molecule has 2 heterocycles. The van der Waals surface area contributed by atoms with Gasteiger partial charge in [0.1, 0.15) is 0 Å². The highest BCUT2D eigenvalue weighted by molar-refractivity contribution is 5.62. The monoisotopic (exact) mass is 391 g/mol. The van der Waals surface area contributed by atoms with Crippen molar-refractivity contribution in [2.24, 2.45) is 0 Å². The van der Waals surface area contributed by atoms with Gasteiger partial charge in [-0.05, 0) is 28.7 Å². The number of hydrogen-bond donors (Lipinski definition) is 0. The Morgan fingerprint density at radius 3 is 1.63 bits per heavy atom. The maximum Gasteiger partial charge on any atom is 0.256 e. The Morgan fingerprint density at radius 1 is 0.633 bits per heavy atom. The molecule has 2 aromatic carbocycles. The minimum atomic E-state index is 0.0803. The van der Waals surface area contributed by atoms with Crippen LogP contribution in [0, 0.1) is 6.57 Å². The van der Waals surface area contributed by atoms with Crippen LogP contribution in [0.25, 0.3) is 27.3 Å². The molecule has 4 aromatic rings. The van der Waals surface area contributed by atoms with E-state index >= 15 is 0 Å². The van der Waals surface area contributed by atoms with E-state index in [1.54, 1.807) is 0 Å². The van der Waals surface area contributed by atoms with Crippen LogP contribution in [0.2, 0.25) is 0 Å². The second-order valence-corrected chi connectivity index (χ2v) is 8.36. The Balaban J connectivity index is 1.64. The molecule has 2 aromatic heterocycles. The minimum Gasteiger partial charge on any atom is -0.231 e. The van der Waals surface area contributed by atoms with Crippen LogP contribution in [0.5, 0.6) is 0 Å². The summed E-state index contributed by atoms with van der Waals surface area (Å²) < 4.78 is 4.17. The van der Waals surface area contributed by atoms with E-state index in [1.807, 2.05) is 41.2 Å². The van der Waals surface area contributed by atoms with Crippen molar-refractivity contribution in [2.45, 2.75) is 26.2 Å². The molecule has 0 spiro atoms. The summed E-state index contributed by atoms with van der Waals surface area (Å²) in [5.74, 6) is 0. The Hall–Kier alpha value is -3.77. The van der Waals surface area contributed by atoms with Crippen LogP contribution in [0.4, 0.5) is 5.69 Å². The van der Waals surface area contributed by atoms with Crippen molar-refractivity contribution in [1.29, 1.82) is 0 Å². The molecule has 3 nitrogen and oxygen atoms in total. The summed E-state index contributed by atoms with van der Waals surface area (Å²) in [6.45, 7) is 14.1. The van der Waals surface area contributed by atoms with Crippen LogP contribution in [0.1, 0.15) is 26.3 Å². The lowest BCUT2D eigenvalue weighted by molar-refractivity contribution is -0.596. The molecule has 3 heteroatoms. The molecule has 146 valence electrons. The van der Waals surface area contributed by atoms with Gasteiger partial charge in [-0.15, -0.1) is 0 Å². The quantitative estimate of drug-likeness (QED) is 0.311. The highest BCUT2D eigenvalue weighted by Gasteiger charge is 2.22. The molecule has 0 unspecified atom stereocenters. The van der Waals surface area contributed by atoms with Crippen LogP contribution in [0.15, 0.2) is 97.6 Å². The molecule has 0 aliphatic carbocycles. The van der Waals surface area contributed by atoms with Gasteiger partial charge in [-0.2, -0.15) is 9.13 Å². The van der Waals surface area contributed by atoms with Crippen molar-refractivity contribution in [3.63, 3.8) is 0 Å². The largest absolute Gasteiger partial charge is 0.256 e. The van der Waals surface area contributed by atoms with Gasteiger partial charge in [0, 0.05) is 35.9 Å². The molecule has 30 heavy (non-hydrogen) atoms. The zero-order valence-corrected chi connectivity index (χ0v) is 17.6. The SMILES string of the molecule is [C-]#[N+]c1ccccc1-[n+]1ccc(-c2cc[n+](-c3ccccc3C(C)(C)C)cc2)cc1. The first-order chi connectivity index (χ1) is 14.5. The van der Waals surface area contributed by atoms with Crippen molar-refractivity contribution in [3.8, 4) is 22.5 Å². The van der Waals surface area contributed by atoms with Crippen LogP contribution in [-0.4, -0.2) is 0 Å². The van der Waals surface area contributed by atoms with Gasteiger partial charge in [0.05, 0.1) is 6.57 Å². The van der Waals surface area contributed by atoms with Gasteiger partial charge in [0.2, 0.25) is 11.4 Å². The Labute approximate surface area is 178 Å². The molecular formula is C27H25N3+2. The van der Waals surface area contributed by atoms with Gasteiger partial charge in [-0.3, -0.25) is 0 Å². The van der Waals surface area contributed by atoms with Crippen LogP contribution in [0.3, 0.4) is 0 Å². The number of nitrogens with zero attached hydrogens (tertiary/aromatic N) is 3. The molecule has 0 fully saturated rings. The van der Waals surface area contributed by atoms with E-state index in [2.05, 4.69) is 91.1 Å². The average Bonchev–Trinajstić information content (AvgIpc) is 2.79. The third-order valence-electron chi connectivity index (χ3n) is 5.26. The third-order valence-corrected chi connectivity index (χ3v) is 5.26. The summed E-state index contributed by atoms with van der Waals surface area (Å²) >= 11 is 0. The van der Waals surface area contributed by atoms with Crippen molar-refractivity contribution in [3.05, 3.63) is 115 Å². The Bertz CT molecular complexity index is 1210. The predicted octanol–water partition coefficient (Wildman–Crippen LogP) is 5.76. The standard InChI is InChI=1S/C27H25N3/c1-27(2,3)23-9-5-7-11-25(23)29-17-13-21(14-18-29)22-15-19-30(20-16-22)26-12-8-6-10-24(26)28-4/h5-20H,1-3H3/q+2. The Kier molecular flexibility index (Phi) is 5.16. The molecule has 0 amide bonds. The van der Waals surface area contributed by atoms with Crippen molar-refractivity contribution in [2.75, 3.05) is 0 Å². The normalized spacial score (nSPS) is 11.1. The van der Waals surface area contributed by atoms with Crippen LogP contribution in [-0.2, 0) is 5.41 Å². The van der Waals surface area contributed by atoms with Crippen molar-refractivity contribution in [1.82, 2.24) is 0 Å². The van der Waals surface area contributed by atoms with Crippen LogP contribution >= 0.6 is 0 Å². The zero-order valence-electron chi connectivity index (χ0n) is 17.6. The lowest BCUT2D eigenvalue weighted by Gasteiger charge is -2.19. The van der Waals surface area contributed by atoms with Gasteiger partial charge in [-0.1, -0.05) is 51.1 Å². The molecule has 0 N–H and O–H groups in total. The first-order valence-electron chi connectivity index (χ1n) is 10.1. The number of aromatic nitrogens is 2. The molecular weight excluding hydrogens is 366 g/mol. The average molecular weight is 392 g/mol. The fourth-order valence-electron chi connectivity index (χ4n) is 3.67. The van der Waals surface area contributed by atoms with Gasteiger partial charge in [-0.25, -0.2) is 4.85 Å². The highest BCUT2D eigenvalue weighted by atomic mass is 15.0. The Morgan fingerprint density at radius 2 is 1.10 bits per heavy atom. The summed E-state index contributed by atoms with van der Waals surface area (Å²) in [6.07, 6.45) is 8.26. The number of benzene rings is 2. The van der Waals surface area contributed by atoms with E-state index in [4.69, 9.17) is 6.57 Å².